The highest BCUT2D eigenvalue weighted by Crippen LogP contribution is 2.27. The van der Waals surface area contributed by atoms with Gasteiger partial charge in [0.15, 0.2) is 0 Å². The van der Waals surface area contributed by atoms with Crippen LogP contribution < -0.4 is 20.9 Å². The number of nitrogens with zero attached hydrogens (tertiary/aromatic N) is 3. The molecule has 0 aliphatic heterocycles. The fraction of sp³-hybridized carbons (Fsp3) is 0.143. The molecular weight excluding hydrogens is 402 g/mol. The van der Waals surface area contributed by atoms with E-state index in [4.69, 9.17) is 4.74 Å². The van der Waals surface area contributed by atoms with E-state index in [1.165, 1.54) is 29.0 Å². The van der Waals surface area contributed by atoms with Crippen molar-refractivity contribution in [1.82, 2.24) is 19.9 Å². The number of ether oxygens (including phenoxy) is 1. The molecule has 2 aromatic heterocycles. The van der Waals surface area contributed by atoms with Crippen LogP contribution in [-0.2, 0) is 6.54 Å². The quantitative estimate of drug-likeness (QED) is 0.514. The van der Waals surface area contributed by atoms with E-state index in [0.717, 1.165) is 16.1 Å². The molecule has 0 saturated carbocycles. The maximum absolute atomic E-state index is 12.5. The van der Waals surface area contributed by atoms with Crippen LogP contribution in [0.25, 0.3) is 15.5 Å². The number of para-hydroxylation sites is 2. The molecule has 2 heterocycles. The number of urea groups is 1. The minimum atomic E-state index is -0.425. The number of nitrogens with one attached hydrogen (secondary N) is 2. The monoisotopic (exact) mass is 421 g/mol. The first-order valence-electron chi connectivity index (χ1n) is 9.19. The number of amides is 2. The predicted molar refractivity (Wildman–Crippen MR) is 116 cm³/mol. The van der Waals surface area contributed by atoms with Gasteiger partial charge in [0.25, 0.3) is 5.56 Å². The number of fused-ring (bicyclic) bond motifs is 1. The number of aromatic nitrogens is 3. The van der Waals surface area contributed by atoms with Crippen LogP contribution in [0, 0.1) is 6.92 Å². The van der Waals surface area contributed by atoms with Gasteiger partial charge >= 0.3 is 6.03 Å². The van der Waals surface area contributed by atoms with E-state index in [-0.39, 0.29) is 12.1 Å². The zero-order valence-corrected chi connectivity index (χ0v) is 17.2. The summed E-state index contributed by atoms with van der Waals surface area (Å²) in [5.74, 6) is 0.554. The summed E-state index contributed by atoms with van der Waals surface area (Å²) in [5, 5.41) is 10.5. The van der Waals surface area contributed by atoms with E-state index >= 15 is 0 Å². The lowest BCUT2D eigenvalue weighted by atomic mass is 10.1. The van der Waals surface area contributed by atoms with Crippen molar-refractivity contribution in [2.45, 2.75) is 13.5 Å². The maximum Gasteiger partial charge on any atom is 0.319 e. The fourth-order valence-electron chi connectivity index (χ4n) is 2.95. The molecule has 0 radical (unpaired) electrons. The Labute approximate surface area is 176 Å². The van der Waals surface area contributed by atoms with E-state index in [2.05, 4.69) is 20.7 Å². The first-order valence-corrected chi connectivity index (χ1v) is 10.0. The molecule has 0 saturated heterocycles. The summed E-state index contributed by atoms with van der Waals surface area (Å²) in [5.41, 5.74) is 2.74. The molecule has 0 aliphatic carbocycles. The molecule has 9 heteroatoms. The molecule has 8 nitrogen and oxygen atoms in total. The van der Waals surface area contributed by atoms with Crippen LogP contribution in [0.1, 0.15) is 11.3 Å². The van der Waals surface area contributed by atoms with Crippen molar-refractivity contribution in [2.75, 3.05) is 12.4 Å². The Hall–Kier alpha value is -3.72. The van der Waals surface area contributed by atoms with Gasteiger partial charge in [0.2, 0.25) is 4.96 Å². The highest BCUT2D eigenvalue weighted by molar-refractivity contribution is 7.19. The van der Waals surface area contributed by atoms with Gasteiger partial charge in [-0.25, -0.2) is 9.78 Å². The summed E-state index contributed by atoms with van der Waals surface area (Å²) >= 11 is 1.33. The Kier molecular flexibility index (Phi) is 5.44. The van der Waals surface area contributed by atoms with Crippen molar-refractivity contribution in [3.05, 3.63) is 76.2 Å². The lowest BCUT2D eigenvalue weighted by Crippen LogP contribution is -2.29. The summed E-state index contributed by atoms with van der Waals surface area (Å²) in [4.78, 5) is 29.7. The first kappa shape index (κ1) is 19.6. The molecule has 2 N–H and O–H groups in total. The van der Waals surface area contributed by atoms with Crippen molar-refractivity contribution in [3.8, 4) is 16.3 Å². The number of benzene rings is 2. The molecule has 4 aromatic rings. The fourth-order valence-corrected chi connectivity index (χ4v) is 3.97. The molecule has 30 heavy (non-hydrogen) atoms. The van der Waals surface area contributed by atoms with Crippen LogP contribution in [0.4, 0.5) is 10.5 Å². The van der Waals surface area contributed by atoms with Gasteiger partial charge in [0, 0.05) is 11.6 Å². The van der Waals surface area contributed by atoms with Gasteiger partial charge in [-0.3, -0.25) is 4.79 Å². The van der Waals surface area contributed by atoms with Crippen molar-refractivity contribution < 1.29 is 9.53 Å². The molecule has 0 unspecified atom stereocenters. The number of hydrogen-bond donors (Lipinski definition) is 2. The summed E-state index contributed by atoms with van der Waals surface area (Å²) in [7, 11) is 1.53. The summed E-state index contributed by atoms with van der Waals surface area (Å²) < 4.78 is 6.50. The molecule has 0 bridgehead atoms. The zero-order valence-electron chi connectivity index (χ0n) is 16.4. The third-order valence-corrected chi connectivity index (χ3v) is 5.40. The van der Waals surface area contributed by atoms with Gasteiger partial charge in [-0.1, -0.05) is 47.7 Å². The largest absolute Gasteiger partial charge is 0.495 e. The minimum absolute atomic E-state index is 0.102. The Bertz CT molecular complexity index is 1280. The van der Waals surface area contributed by atoms with Crippen LogP contribution in [0.3, 0.4) is 0 Å². The second kappa shape index (κ2) is 8.34. The predicted octanol–water partition coefficient (Wildman–Crippen LogP) is 3.46. The van der Waals surface area contributed by atoms with Crippen LogP contribution in [0.2, 0.25) is 0 Å². The van der Waals surface area contributed by atoms with E-state index in [1.54, 1.807) is 18.2 Å². The normalized spacial score (nSPS) is 10.7. The van der Waals surface area contributed by atoms with Gasteiger partial charge in [0.05, 0.1) is 25.0 Å². The minimum Gasteiger partial charge on any atom is -0.495 e. The van der Waals surface area contributed by atoms with Crippen molar-refractivity contribution in [1.29, 1.82) is 0 Å². The lowest BCUT2D eigenvalue weighted by molar-refractivity contribution is 0.251. The summed E-state index contributed by atoms with van der Waals surface area (Å²) in [6.07, 6.45) is 0. The van der Waals surface area contributed by atoms with Crippen LogP contribution >= 0.6 is 11.3 Å². The Morgan fingerprint density at radius 3 is 2.73 bits per heavy atom. The maximum atomic E-state index is 12.5. The number of anilines is 1. The van der Waals surface area contributed by atoms with Crippen molar-refractivity contribution in [2.24, 2.45) is 0 Å². The standard InChI is InChI=1S/C21H19N5O3S/c1-13-7-3-4-8-15(13)19-25-26-18(27)11-14(23-21(26)30-19)12-22-20(28)24-16-9-5-6-10-17(16)29-2/h3-11H,12H2,1-2H3,(H2,22,24,28). The second-order valence-corrected chi connectivity index (χ2v) is 7.47. The Morgan fingerprint density at radius 2 is 1.93 bits per heavy atom. The number of aryl methyl sites for hydroxylation is 1. The number of rotatable bonds is 5. The van der Waals surface area contributed by atoms with Crippen LogP contribution in [0.15, 0.2) is 59.4 Å². The molecule has 0 atom stereocenters. The van der Waals surface area contributed by atoms with Crippen LogP contribution in [0.5, 0.6) is 5.75 Å². The smallest absolute Gasteiger partial charge is 0.319 e. The van der Waals surface area contributed by atoms with E-state index in [0.29, 0.717) is 22.1 Å². The SMILES string of the molecule is COc1ccccc1NC(=O)NCc1cc(=O)n2nc(-c3ccccc3C)sc2n1. The molecule has 0 aliphatic rings. The number of methoxy groups -OCH3 is 1. The average Bonchev–Trinajstić information content (AvgIpc) is 3.17. The van der Waals surface area contributed by atoms with E-state index in [1.807, 2.05) is 37.3 Å². The Morgan fingerprint density at radius 1 is 1.17 bits per heavy atom. The highest BCUT2D eigenvalue weighted by atomic mass is 32.1. The van der Waals surface area contributed by atoms with Gasteiger partial charge in [-0.05, 0) is 24.6 Å². The molecule has 152 valence electrons. The zero-order chi connectivity index (χ0) is 21.1. The number of carbonyl (C=O) groups excluding carboxylic acids is 1. The summed E-state index contributed by atoms with van der Waals surface area (Å²) in [6.45, 7) is 2.09. The Balaban J connectivity index is 1.52. The molecule has 2 amide bonds. The van der Waals surface area contributed by atoms with E-state index in [9.17, 15) is 9.59 Å². The van der Waals surface area contributed by atoms with Gasteiger partial charge in [-0.15, -0.1) is 0 Å². The van der Waals surface area contributed by atoms with Gasteiger partial charge < -0.3 is 15.4 Å². The molecule has 4 rings (SSSR count). The molecule has 0 fully saturated rings. The molecular formula is C21H19N5O3S. The first-order chi connectivity index (χ1) is 14.5. The summed E-state index contributed by atoms with van der Waals surface area (Å²) in [6, 6.07) is 15.9. The average molecular weight is 421 g/mol. The third-order valence-electron chi connectivity index (χ3n) is 4.46. The van der Waals surface area contributed by atoms with Gasteiger partial charge in [-0.2, -0.15) is 9.61 Å². The second-order valence-electron chi connectivity index (χ2n) is 6.51. The van der Waals surface area contributed by atoms with Crippen molar-refractivity contribution >= 4 is 28.0 Å². The lowest BCUT2D eigenvalue weighted by Gasteiger charge is -2.10. The van der Waals surface area contributed by atoms with Gasteiger partial charge in [0.1, 0.15) is 10.8 Å². The highest BCUT2D eigenvalue weighted by Gasteiger charge is 2.13. The number of carbonyl (C=O) groups is 1. The molecule has 2 aromatic carbocycles. The van der Waals surface area contributed by atoms with Crippen LogP contribution in [-0.4, -0.2) is 27.7 Å². The number of hydrogen-bond acceptors (Lipinski definition) is 6. The van der Waals surface area contributed by atoms with Crippen molar-refractivity contribution in [3.63, 3.8) is 0 Å². The topological polar surface area (TPSA) is 97.6 Å². The molecule has 0 spiro atoms. The van der Waals surface area contributed by atoms with E-state index < -0.39 is 6.03 Å². The third kappa shape index (κ3) is 4.01.